The van der Waals surface area contributed by atoms with Crippen LogP contribution in [-0.4, -0.2) is 18.2 Å². The molecule has 0 aromatic heterocycles. The molecule has 0 spiro atoms. The van der Waals surface area contributed by atoms with Crippen LogP contribution in [0.25, 0.3) is 0 Å². The van der Waals surface area contributed by atoms with Crippen molar-refractivity contribution in [3.63, 3.8) is 0 Å². The summed E-state index contributed by atoms with van der Waals surface area (Å²) in [7, 11) is 1.44. The van der Waals surface area contributed by atoms with Crippen LogP contribution >= 0.6 is 11.6 Å². The third-order valence-corrected chi connectivity index (χ3v) is 3.26. The molecule has 2 aromatic rings. The molecule has 0 saturated heterocycles. The molecule has 0 bridgehead atoms. The molecule has 2 aromatic carbocycles. The molecular weight excluding hydrogens is 292 g/mol. The first-order chi connectivity index (χ1) is 10.0. The maximum absolute atomic E-state index is 11.2. The quantitative estimate of drug-likeness (QED) is 0.909. The Balaban J connectivity index is 2.16. The first-order valence-electron chi connectivity index (χ1n) is 6.30. The van der Waals surface area contributed by atoms with E-state index in [0.29, 0.717) is 16.5 Å². The van der Waals surface area contributed by atoms with Gasteiger partial charge in [0.05, 0.1) is 7.11 Å². The zero-order valence-corrected chi connectivity index (χ0v) is 12.5. The number of hydrogen-bond donors (Lipinski definition) is 1. The minimum atomic E-state index is -1.03. The summed E-state index contributed by atoms with van der Waals surface area (Å²) >= 11 is 5.89. The fourth-order valence-electron chi connectivity index (χ4n) is 1.95. The number of halogens is 1. The lowest BCUT2D eigenvalue weighted by molar-refractivity contribution is 0.0693. The van der Waals surface area contributed by atoms with E-state index < -0.39 is 5.97 Å². The Morgan fingerprint density at radius 2 is 1.90 bits per heavy atom. The summed E-state index contributed by atoms with van der Waals surface area (Å²) in [6, 6.07) is 10.3. The van der Waals surface area contributed by atoms with Gasteiger partial charge in [-0.2, -0.15) is 0 Å². The lowest BCUT2D eigenvalue weighted by atomic mass is 10.1. The van der Waals surface area contributed by atoms with Gasteiger partial charge < -0.3 is 14.6 Å². The Bertz CT molecular complexity index is 667. The van der Waals surface area contributed by atoms with E-state index in [4.69, 9.17) is 26.2 Å². The van der Waals surface area contributed by atoms with E-state index in [9.17, 15) is 4.79 Å². The van der Waals surface area contributed by atoms with Gasteiger partial charge in [0, 0.05) is 5.02 Å². The van der Waals surface area contributed by atoms with Crippen molar-refractivity contribution < 1.29 is 19.4 Å². The summed E-state index contributed by atoms with van der Waals surface area (Å²) in [6.07, 6.45) is 0. The molecule has 5 heteroatoms. The summed E-state index contributed by atoms with van der Waals surface area (Å²) in [5.74, 6) is 0.0115. The standard InChI is InChI=1S/C16H15ClO4/c1-10-7-12(17)4-6-14(10)21-9-11-3-5-15(20-2)13(8-11)16(18)19/h3-8H,9H2,1-2H3,(H,18,19). The Hall–Kier alpha value is -2.20. The smallest absolute Gasteiger partial charge is 0.339 e. The van der Waals surface area contributed by atoms with Crippen molar-refractivity contribution in [3.8, 4) is 11.5 Å². The van der Waals surface area contributed by atoms with E-state index in [1.165, 1.54) is 7.11 Å². The van der Waals surface area contributed by atoms with Gasteiger partial charge in [-0.05, 0) is 48.4 Å². The number of benzene rings is 2. The van der Waals surface area contributed by atoms with Gasteiger partial charge in [-0.3, -0.25) is 0 Å². The first kappa shape index (κ1) is 15.2. The van der Waals surface area contributed by atoms with Crippen LogP contribution in [0, 0.1) is 6.92 Å². The van der Waals surface area contributed by atoms with Crippen molar-refractivity contribution in [2.24, 2.45) is 0 Å². The van der Waals surface area contributed by atoms with Gasteiger partial charge in [-0.1, -0.05) is 17.7 Å². The number of aryl methyl sites for hydroxylation is 1. The molecular formula is C16H15ClO4. The molecule has 110 valence electrons. The van der Waals surface area contributed by atoms with Gasteiger partial charge in [-0.15, -0.1) is 0 Å². The maximum Gasteiger partial charge on any atom is 0.339 e. The Morgan fingerprint density at radius 1 is 1.19 bits per heavy atom. The summed E-state index contributed by atoms with van der Waals surface area (Å²) < 4.78 is 10.7. The van der Waals surface area contributed by atoms with Crippen LogP contribution in [0.3, 0.4) is 0 Å². The first-order valence-corrected chi connectivity index (χ1v) is 6.68. The number of carboxylic acid groups (broad SMARTS) is 1. The molecule has 1 N–H and O–H groups in total. The molecule has 0 aliphatic carbocycles. The Labute approximate surface area is 127 Å². The molecule has 0 saturated carbocycles. The number of rotatable bonds is 5. The average molecular weight is 307 g/mol. The number of aromatic carboxylic acids is 1. The minimum Gasteiger partial charge on any atom is -0.496 e. The van der Waals surface area contributed by atoms with E-state index in [-0.39, 0.29) is 12.2 Å². The van der Waals surface area contributed by atoms with E-state index in [2.05, 4.69) is 0 Å². The van der Waals surface area contributed by atoms with Crippen molar-refractivity contribution >= 4 is 17.6 Å². The lowest BCUT2D eigenvalue weighted by Gasteiger charge is -2.11. The van der Waals surface area contributed by atoms with E-state index in [1.54, 1.807) is 30.3 Å². The van der Waals surface area contributed by atoms with Crippen LogP contribution in [0.4, 0.5) is 0 Å². The summed E-state index contributed by atoms with van der Waals surface area (Å²) in [6.45, 7) is 2.17. The van der Waals surface area contributed by atoms with E-state index >= 15 is 0 Å². The second-order valence-corrected chi connectivity index (χ2v) is 4.97. The second kappa shape index (κ2) is 6.50. The summed E-state index contributed by atoms with van der Waals surface area (Å²) in [5, 5.41) is 9.80. The van der Waals surface area contributed by atoms with Gasteiger partial charge in [0.15, 0.2) is 0 Å². The highest BCUT2D eigenvalue weighted by Gasteiger charge is 2.12. The highest BCUT2D eigenvalue weighted by atomic mass is 35.5. The largest absolute Gasteiger partial charge is 0.496 e. The van der Waals surface area contributed by atoms with Gasteiger partial charge in [0.25, 0.3) is 0 Å². The normalized spacial score (nSPS) is 10.2. The minimum absolute atomic E-state index is 0.117. The van der Waals surface area contributed by atoms with Crippen LogP contribution in [0.1, 0.15) is 21.5 Å². The maximum atomic E-state index is 11.2. The number of hydrogen-bond acceptors (Lipinski definition) is 3. The van der Waals surface area contributed by atoms with Gasteiger partial charge in [0.1, 0.15) is 23.7 Å². The van der Waals surface area contributed by atoms with Crippen molar-refractivity contribution in [1.82, 2.24) is 0 Å². The molecule has 0 fully saturated rings. The van der Waals surface area contributed by atoms with Gasteiger partial charge in [-0.25, -0.2) is 4.79 Å². The summed E-state index contributed by atoms with van der Waals surface area (Å²) in [5.41, 5.74) is 1.79. The molecule has 0 unspecified atom stereocenters. The highest BCUT2D eigenvalue weighted by molar-refractivity contribution is 6.30. The predicted molar refractivity (Wildman–Crippen MR) is 80.5 cm³/mol. The molecule has 2 rings (SSSR count). The molecule has 0 radical (unpaired) electrons. The molecule has 4 nitrogen and oxygen atoms in total. The monoisotopic (exact) mass is 306 g/mol. The van der Waals surface area contributed by atoms with Crippen LogP contribution < -0.4 is 9.47 Å². The van der Waals surface area contributed by atoms with Crippen molar-refractivity contribution in [3.05, 3.63) is 58.1 Å². The van der Waals surface area contributed by atoms with Crippen molar-refractivity contribution in [2.75, 3.05) is 7.11 Å². The van der Waals surface area contributed by atoms with Gasteiger partial charge in [0.2, 0.25) is 0 Å². The number of ether oxygens (including phenoxy) is 2. The zero-order valence-electron chi connectivity index (χ0n) is 11.7. The molecule has 0 amide bonds. The molecule has 0 atom stereocenters. The fraction of sp³-hybridized carbons (Fsp3) is 0.188. The zero-order chi connectivity index (χ0) is 15.4. The molecule has 21 heavy (non-hydrogen) atoms. The predicted octanol–water partition coefficient (Wildman–Crippen LogP) is 3.93. The Morgan fingerprint density at radius 3 is 2.52 bits per heavy atom. The fourth-order valence-corrected chi connectivity index (χ4v) is 2.17. The molecule has 0 aliphatic heterocycles. The summed E-state index contributed by atoms with van der Waals surface area (Å²) in [4.78, 5) is 11.2. The van der Waals surface area contributed by atoms with Crippen LogP contribution in [0.2, 0.25) is 5.02 Å². The average Bonchev–Trinajstić information content (AvgIpc) is 2.46. The Kier molecular flexibility index (Phi) is 4.70. The molecule has 0 aliphatic rings. The third kappa shape index (κ3) is 3.67. The van der Waals surface area contributed by atoms with Crippen LogP contribution in [-0.2, 0) is 6.61 Å². The number of carbonyl (C=O) groups is 1. The van der Waals surface area contributed by atoms with Crippen molar-refractivity contribution in [2.45, 2.75) is 13.5 Å². The second-order valence-electron chi connectivity index (χ2n) is 4.54. The third-order valence-electron chi connectivity index (χ3n) is 3.03. The van der Waals surface area contributed by atoms with Crippen LogP contribution in [0.5, 0.6) is 11.5 Å². The molecule has 0 heterocycles. The topological polar surface area (TPSA) is 55.8 Å². The van der Waals surface area contributed by atoms with E-state index in [0.717, 1.165) is 11.1 Å². The van der Waals surface area contributed by atoms with Gasteiger partial charge >= 0.3 is 5.97 Å². The highest BCUT2D eigenvalue weighted by Crippen LogP contribution is 2.24. The van der Waals surface area contributed by atoms with E-state index in [1.807, 2.05) is 13.0 Å². The SMILES string of the molecule is COc1ccc(COc2ccc(Cl)cc2C)cc1C(=O)O. The number of methoxy groups -OCH3 is 1. The van der Waals surface area contributed by atoms with Crippen LogP contribution in [0.15, 0.2) is 36.4 Å². The van der Waals surface area contributed by atoms with Crippen molar-refractivity contribution in [1.29, 1.82) is 0 Å². The number of carboxylic acids is 1. The lowest BCUT2D eigenvalue weighted by Crippen LogP contribution is -2.03.